The lowest BCUT2D eigenvalue weighted by molar-refractivity contribution is -0.140. The molecular formula is C36H40BrN3O4S. The van der Waals surface area contributed by atoms with Gasteiger partial charge >= 0.3 is 0 Å². The van der Waals surface area contributed by atoms with E-state index < -0.39 is 28.5 Å². The molecule has 7 nitrogen and oxygen atoms in total. The second kappa shape index (κ2) is 15.9. The third-order valence-corrected chi connectivity index (χ3v) is 9.79. The molecule has 0 radical (unpaired) electrons. The normalized spacial score (nSPS) is 11.9. The molecule has 0 aliphatic carbocycles. The van der Waals surface area contributed by atoms with E-state index in [9.17, 15) is 18.0 Å². The van der Waals surface area contributed by atoms with E-state index >= 15 is 0 Å². The fraction of sp³-hybridized carbons (Fsp3) is 0.278. The van der Waals surface area contributed by atoms with E-state index in [4.69, 9.17) is 0 Å². The summed E-state index contributed by atoms with van der Waals surface area (Å²) in [4.78, 5) is 30.0. The van der Waals surface area contributed by atoms with Crippen LogP contribution in [-0.2, 0) is 32.6 Å². The summed E-state index contributed by atoms with van der Waals surface area (Å²) < 4.78 is 30.3. The van der Waals surface area contributed by atoms with Crippen molar-refractivity contribution in [3.8, 4) is 0 Å². The molecule has 45 heavy (non-hydrogen) atoms. The van der Waals surface area contributed by atoms with Crippen molar-refractivity contribution in [2.75, 3.05) is 17.4 Å². The van der Waals surface area contributed by atoms with Crippen LogP contribution in [0.4, 0.5) is 5.69 Å². The standard InChI is InChI=1S/C36H40BrN3O4S/c1-4-5-20-38-36(42)34(24-29-12-8-6-9-13-29)39(25-30-16-18-31(37)19-17-30)35(41)26-40(32-22-27(2)21-28(3)23-32)45(43,44)33-14-10-7-11-15-33/h6-19,21-23,34H,4-5,20,24-26H2,1-3H3,(H,38,42). The average Bonchev–Trinajstić information content (AvgIpc) is 3.02. The van der Waals surface area contributed by atoms with Crippen LogP contribution in [-0.4, -0.2) is 44.3 Å². The number of hydrogen-bond acceptors (Lipinski definition) is 4. The van der Waals surface area contributed by atoms with E-state index in [1.54, 1.807) is 30.3 Å². The molecule has 2 amide bonds. The summed E-state index contributed by atoms with van der Waals surface area (Å²) in [6.07, 6.45) is 1.99. The van der Waals surface area contributed by atoms with Gasteiger partial charge in [0.25, 0.3) is 10.0 Å². The van der Waals surface area contributed by atoms with Crippen molar-refractivity contribution in [2.45, 2.75) is 57.5 Å². The molecule has 0 heterocycles. The number of hydrogen-bond donors (Lipinski definition) is 1. The molecule has 1 unspecified atom stereocenters. The van der Waals surface area contributed by atoms with Gasteiger partial charge in [0.05, 0.1) is 10.6 Å². The van der Waals surface area contributed by atoms with Crippen LogP contribution in [0.2, 0.25) is 0 Å². The molecule has 0 aromatic heterocycles. The first-order valence-corrected chi connectivity index (χ1v) is 17.3. The van der Waals surface area contributed by atoms with Gasteiger partial charge in [0.1, 0.15) is 12.6 Å². The monoisotopic (exact) mass is 689 g/mol. The number of aryl methyl sites for hydroxylation is 2. The third kappa shape index (κ3) is 9.28. The lowest BCUT2D eigenvalue weighted by atomic mass is 10.0. The van der Waals surface area contributed by atoms with Crippen LogP contribution in [0.25, 0.3) is 0 Å². The summed E-state index contributed by atoms with van der Waals surface area (Å²) in [6, 6.07) is 29.8. The minimum atomic E-state index is -4.14. The van der Waals surface area contributed by atoms with Gasteiger partial charge in [0, 0.05) is 24.0 Å². The minimum absolute atomic E-state index is 0.0783. The molecule has 4 aromatic rings. The van der Waals surface area contributed by atoms with Crippen molar-refractivity contribution < 1.29 is 18.0 Å². The van der Waals surface area contributed by atoms with Crippen LogP contribution in [0.1, 0.15) is 42.0 Å². The summed E-state index contributed by atoms with van der Waals surface area (Å²) in [6.45, 7) is 5.95. The molecule has 0 fully saturated rings. The first kappa shape index (κ1) is 33.9. The van der Waals surface area contributed by atoms with Crippen LogP contribution in [0.5, 0.6) is 0 Å². The first-order valence-electron chi connectivity index (χ1n) is 15.1. The van der Waals surface area contributed by atoms with Crippen molar-refractivity contribution in [3.05, 3.63) is 130 Å². The Hall–Kier alpha value is -3.95. The highest BCUT2D eigenvalue weighted by Gasteiger charge is 2.34. The molecule has 4 aromatic carbocycles. The molecule has 0 aliphatic rings. The molecule has 1 atom stereocenters. The summed E-state index contributed by atoms with van der Waals surface area (Å²) in [5.74, 6) is -0.759. The zero-order chi connectivity index (χ0) is 32.4. The van der Waals surface area contributed by atoms with Crippen molar-refractivity contribution in [1.82, 2.24) is 10.2 Å². The molecule has 1 N–H and O–H groups in total. The molecule has 0 bridgehead atoms. The van der Waals surface area contributed by atoms with Gasteiger partial charge in [-0.3, -0.25) is 13.9 Å². The van der Waals surface area contributed by atoms with E-state index in [-0.39, 0.29) is 23.8 Å². The number of nitrogens with zero attached hydrogens (tertiary/aromatic N) is 2. The minimum Gasteiger partial charge on any atom is -0.354 e. The highest BCUT2D eigenvalue weighted by Crippen LogP contribution is 2.27. The van der Waals surface area contributed by atoms with Crippen molar-refractivity contribution >= 4 is 43.5 Å². The number of anilines is 1. The van der Waals surface area contributed by atoms with E-state index in [2.05, 4.69) is 21.2 Å². The predicted octanol–water partition coefficient (Wildman–Crippen LogP) is 6.82. The van der Waals surface area contributed by atoms with Gasteiger partial charge in [-0.05, 0) is 78.9 Å². The SMILES string of the molecule is CCCCNC(=O)C(Cc1ccccc1)N(Cc1ccc(Br)cc1)C(=O)CN(c1cc(C)cc(C)c1)S(=O)(=O)c1ccccc1. The van der Waals surface area contributed by atoms with Gasteiger partial charge in [-0.15, -0.1) is 0 Å². The number of halogens is 1. The van der Waals surface area contributed by atoms with Gasteiger partial charge in [-0.1, -0.05) is 96.0 Å². The molecule has 0 aliphatic heterocycles. The Labute approximate surface area is 275 Å². The second-order valence-corrected chi connectivity index (χ2v) is 13.9. The Bertz CT molecular complexity index is 1660. The fourth-order valence-corrected chi connectivity index (χ4v) is 6.87. The highest BCUT2D eigenvalue weighted by molar-refractivity contribution is 9.10. The number of nitrogens with one attached hydrogen (secondary N) is 1. The van der Waals surface area contributed by atoms with Crippen LogP contribution < -0.4 is 9.62 Å². The molecule has 4 rings (SSSR count). The lowest BCUT2D eigenvalue weighted by Gasteiger charge is -2.34. The Kier molecular flexibility index (Phi) is 12.0. The van der Waals surface area contributed by atoms with Gasteiger partial charge in [0.2, 0.25) is 11.8 Å². The topological polar surface area (TPSA) is 86.8 Å². The quantitative estimate of drug-likeness (QED) is 0.147. The fourth-order valence-electron chi connectivity index (χ4n) is 5.19. The summed E-state index contributed by atoms with van der Waals surface area (Å²) in [5.41, 5.74) is 3.84. The summed E-state index contributed by atoms with van der Waals surface area (Å²) >= 11 is 3.47. The van der Waals surface area contributed by atoms with E-state index in [0.29, 0.717) is 12.2 Å². The smallest absolute Gasteiger partial charge is 0.264 e. The number of benzene rings is 4. The van der Waals surface area contributed by atoms with E-state index in [0.717, 1.165) is 43.9 Å². The number of unbranched alkanes of at least 4 members (excludes halogenated alkanes) is 1. The van der Waals surface area contributed by atoms with Gasteiger partial charge in [0.15, 0.2) is 0 Å². The summed E-state index contributed by atoms with van der Waals surface area (Å²) in [5, 5.41) is 3.02. The van der Waals surface area contributed by atoms with Crippen molar-refractivity contribution in [3.63, 3.8) is 0 Å². The summed E-state index contributed by atoms with van der Waals surface area (Å²) in [7, 11) is -4.14. The average molecular weight is 691 g/mol. The maximum atomic E-state index is 14.5. The van der Waals surface area contributed by atoms with Gasteiger partial charge in [-0.2, -0.15) is 0 Å². The van der Waals surface area contributed by atoms with Crippen LogP contribution in [0.3, 0.4) is 0 Å². The van der Waals surface area contributed by atoms with Crippen LogP contribution in [0.15, 0.2) is 112 Å². The molecule has 0 spiro atoms. The number of carbonyl (C=O) groups excluding carboxylic acids is 2. The second-order valence-electron chi connectivity index (χ2n) is 11.2. The Balaban J connectivity index is 1.80. The maximum absolute atomic E-state index is 14.5. The zero-order valence-corrected chi connectivity index (χ0v) is 28.4. The molecule has 9 heteroatoms. The number of carbonyl (C=O) groups is 2. The molecule has 236 valence electrons. The third-order valence-electron chi connectivity index (χ3n) is 7.47. The zero-order valence-electron chi connectivity index (χ0n) is 25.9. The molecule has 0 saturated carbocycles. The van der Waals surface area contributed by atoms with Crippen molar-refractivity contribution in [2.24, 2.45) is 0 Å². The van der Waals surface area contributed by atoms with Crippen molar-refractivity contribution in [1.29, 1.82) is 0 Å². The van der Waals surface area contributed by atoms with Crippen LogP contribution in [0, 0.1) is 13.8 Å². The Morgan fingerprint density at radius 2 is 1.42 bits per heavy atom. The van der Waals surface area contributed by atoms with Gasteiger partial charge < -0.3 is 10.2 Å². The Morgan fingerprint density at radius 3 is 2.02 bits per heavy atom. The van der Waals surface area contributed by atoms with Gasteiger partial charge in [-0.25, -0.2) is 8.42 Å². The molecule has 0 saturated heterocycles. The highest BCUT2D eigenvalue weighted by atomic mass is 79.9. The Morgan fingerprint density at radius 1 is 0.822 bits per heavy atom. The predicted molar refractivity (Wildman–Crippen MR) is 183 cm³/mol. The maximum Gasteiger partial charge on any atom is 0.264 e. The lowest BCUT2D eigenvalue weighted by Crippen LogP contribution is -2.53. The van der Waals surface area contributed by atoms with Crippen LogP contribution >= 0.6 is 15.9 Å². The number of sulfonamides is 1. The van der Waals surface area contributed by atoms with E-state index in [1.807, 2.05) is 81.4 Å². The largest absolute Gasteiger partial charge is 0.354 e. The number of amides is 2. The molecular weight excluding hydrogens is 650 g/mol. The van der Waals surface area contributed by atoms with E-state index in [1.165, 1.54) is 17.0 Å². The first-order chi connectivity index (χ1) is 21.6. The number of rotatable bonds is 14.